The van der Waals surface area contributed by atoms with Crippen LogP contribution in [0.4, 0.5) is 0 Å². The third kappa shape index (κ3) is 5.31. The van der Waals surface area contributed by atoms with E-state index in [1.807, 2.05) is 85.8 Å². The van der Waals surface area contributed by atoms with E-state index in [0.717, 1.165) is 27.0 Å². The van der Waals surface area contributed by atoms with Gasteiger partial charge in [-0.1, -0.05) is 133 Å². The smallest absolute Gasteiger partial charge is 0.316 e. The first kappa shape index (κ1) is 26.6. The van der Waals surface area contributed by atoms with E-state index in [1.165, 1.54) is 18.9 Å². The molecular weight excluding hydrogens is 523 g/mol. The van der Waals surface area contributed by atoms with Crippen LogP contribution in [0.15, 0.2) is 125 Å². The van der Waals surface area contributed by atoms with E-state index in [-0.39, 0.29) is 11.7 Å². The molecule has 1 aliphatic heterocycles. The molecule has 0 unspecified atom stereocenters. The van der Waals surface area contributed by atoms with Crippen LogP contribution in [0.5, 0.6) is 0 Å². The van der Waals surface area contributed by atoms with Gasteiger partial charge in [-0.3, -0.25) is 9.59 Å². The number of aliphatic imine (C=N–C) groups is 2. The van der Waals surface area contributed by atoms with E-state index in [1.54, 1.807) is 0 Å². The number of amides is 1. The second kappa shape index (κ2) is 11.8. The first-order chi connectivity index (χ1) is 19.0. The average Bonchev–Trinajstić information content (AvgIpc) is 2.99. The van der Waals surface area contributed by atoms with Gasteiger partial charge in [0.05, 0.1) is 18.2 Å². The van der Waals surface area contributed by atoms with Crippen molar-refractivity contribution in [3.8, 4) is 0 Å². The molecule has 0 saturated carbocycles. The van der Waals surface area contributed by atoms with E-state index in [9.17, 15) is 9.59 Å². The van der Waals surface area contributed by atoms with E-state index in [4.69, 9.17) is 9.73 Å². The van der Waals surface area contributed by atoms with Gasteiger partial charge in [-0.05, 0) is 29.7 Å². The summed E-state index contributed by atoms with van der Waals surface area (Å²) in [7, 11) is 1.36. The van der Waals surface area contributed by atoms with Crippen LogP contribution in [0.2, 0.25) is 0 Å². The van der Waals surface area contributed by atoms with Crippen molar-refractivity contribution in [2.24, 2.45) is 9.98 Å². The van der Waals surface area contributed by atoms with Crippen LogP contribution in [-0.2, 0) is 14.3 Å². The van der Waals surface area contributed by atoms with Crippen molar-refractivity contribution in [1.82, 2.24) is 0 Å². The number of thioether (sulfide) groups is 1. The molecule has 1 heterocycles. The highest BCUT2D eigenvalue weighted by molar-refractivity contribution is 8.19. The van der Waals surface area contributed by atoms with Crippen LogP contribution in [0.25, 0.3) is 0 Å². The van der Waals surface area contributed by atoms with Gasteiger partial charge in [0.15, 0.2) is 5.84 Å². The molecule has 194 valence electrons. The number of nitrogens with zero attached hydrogens (tertiary/aromatic N) is 2. The van der Waals surface area contributed by atoms with Gasteiger partial charge in [-0.25, -0.2) is 4.99 Å². The summed E-state index contributed by atoms with van der Waals surface area (Å²) in [5, 5.41) is 4.01. The average molecular weight is 551 g/mol. The molecule has 0 atom stereocenters. The van der Waals surface area contributed by atoms with Gasteiger partial charge in [-0.15, -0.1) is 0 Å². The fraction of sp³-hybridized carbons (Fsp3) is 0.0938. The summed E-state index contributed by atoms with van der Waals surface area (Å²) >= 11 is 1.22. The highest BCUT2D eigenvalue weighted by atomic mass is 32.2. The third-order valence-corrected chi connectivity index (χ3v) is 11.8. The maximum absolute atomic E-state index is 14.3. The molecule has 1 amide bonds. The molecule has 5 rings (SSSR count). The zero-order chi connectivity index (χ0) is 27.2. The van der Waals surface area contributed by atoms with Crippen molar-refractivity contribution in [3.05, 3.63) is 126 Å². The van der Waals surface area contributed by atoms with Crippen molar-refractivity contribution in [3.63, 3.8) is 0 Å². The number of rotatable bonds is 6. The number of benzene rings is 4. The van der Waals surface area contributed by atoms with E-state index < -0.39 is 12.9 Å². The van der Waals surface area contributed by atoms with Crippen LogP contribution in [0, 0.1) is 6.92 Å². The summed E-state index contributed by atoms with van der Waals surface area (Å²) in [6, 6.07) is 38.0. The van der Waals surface area contributed by atoms with Gasteiger partial charge >= 0.3 is 5.97 Å². The molecule has 0 bridgehead atoms. The maximum atomic E-state index is 14.3. The van der Waals surface area contributed by atoms with Gasteiger partial charge in [0.1, 0.15) is 5.04 Å². The molecule has 5 nitrogen and oxygen atoms in total. The van der Waals surface area contributed by atoms with Crippen LogP contribution in [0.3, 0.4) is 0 Å². The van der Waals surface area contributed by atoms with Crippen molar-refractivity contribution < 1.29 is 14.3 Å². The zero-order valence-corrected chi connectivity index (χ0v) is 23.4. The minimum Gasteiger partial charge on any atom is -0.468 e. The Morgan fingerprint density at radius 2 is 1.23 bits per heavy atom. The van der Waals surface area contributed by atoms with Crippen molar-refractivity contribution in [1.29, 1.82) is 0 Å². The van der Waals surface area contributed by atoms with Crippen molar-refractivity contribution >= 4 is 62.6 Å². The maximum Gasteiger partial charge on any atom is 0.316 e. The molecule has 0 radical (unpaired) electrons. The molecule has 0 aliphatic carbocycles. The van der Waals surface area contributed by atoms with Crippen LogP contribution < -0.4 is 15.9 Å². The lowest BCUT2D eigenvalue weighted by Gasteiger charge is -2.33. The number of ether oxygens (including phenoxy) is 1. The van der Waals surface area contributed by atoms with Gasteiger partial charge < -0.3 is 4.74 Å². The standard InChI is InChI=1S/C32H27N2O3PS/c1-23-18-20-24(21-19-23)30-33-31(36)29(32(34-30)39-22-28(35)37-2)38(25-12-6-3-7-13-25,26-14-8-4-9-15-26)27-16-10-5-11-17-27/h3-21H,22H2,1-2H3. The predicted molar refractivity (Wildman–Crippen MR) is 165 cm³/mol. The lowest BCUT2D eigenvalue weighted by Crippen LogP contribution is -2.38. The number of esters is 1. The van der Waals surface area contributed by atoms with E-state index in [0.29, 0.717) is 16.2 Å². The highest BCUT2D eigenvalue weighted by Crippen LogP contribution is 2.48. The lowest BCUT2D eigenvalue weighted by molar-refractivity contribution is -0.137. The Kier molecular flexibility index (Phi) is 8.06. The Hall–Kier alpha value is -3.99. The number of aryl methyl sites for hydroxylation is 1. The quantitative estimate of drug-likeness (QED) is 0.257. The number of methoxy groups -OCH3 is 1. The Labute approximate surface area is 232 Å². The number of hydrogen-bond donors (Lipinski definition) is 0. The molecule has 7 heteroatoms. The highest BCUT2D eigenvalue weighted by Gasteiger charge is 2.38. The molecule has 0 spiro atoms. The summed E-state index contributed by atoms with van der Waals surface area (Å²) in [6.45, 7) is -0.776. The number of carbonyl (C=O) groups is 2. The normalized spacial score (nSPS) is 13.5. The van der Waals surface area contributed by atoms with Crippen molar-refractivity contribution in [2.75, 3.05) is 12.9 Å². The molecule has 1 aliphatic rings. The Balaban J connectivity index is 1.89. The third-order valence-electron chi connectivity index (χ3n) is 6.45. The molecule has 4 aromatic rings. The monoisotopic (exact) mass is 550 g/mol. The van der Waals surface area contributed by atoms with Crippen LogP contribution >= 0.6 is 18.6 Å². The number of carbonyl (C=O) groups excluding carboxylic acids is 2. The molecule has 39 heavy (non-hydrogen) atoms. The topological polar surface area (TPSA) is 68.1 Å². The summed E-state index contributed by atoms with van der Waals surface area (Å²) in [6.07, 6.45) is 0. The van der Waals surface area contributed by atoms with Gasteiger partial charge in [0, 0.05) is 5.56 Å². The molecular formula is C32H27N2O3PS. The van der Waals surface area contributed by atoms with Gasteiger partial charge in [0.25, 0.3) is 5.91 Å². The Morgan fingerprint density at radius 3 is 1.69 bits per heavy atom. The molecule has 0 fully saturated rings. The minimum atomic E-state index is -2.78. The van der Waals surface area contributed by atoms with Crippen molar-refractivity contribution in [2.45, 2.75) is 6.92 Å². The predicted octanol–water partition coefficient (Wildman–Crippen LogP) is 4.75. The Morgan fingerprint density at radius 1 is 0.744 bits per heavy atom. The summed E-state index contributed by atoms with van der Waals surface area (Å²) in [5.41, 5.74) is 1.84. The van der Waals surface area contributed by atoms with Gasteiger partial charge in [0.2, 0.25) is 0 Å². The second-order valence-electron chi connectivity index (χ2n) is 8.91. The molecule has 0 aromatic heterocycles. The van der Waals surface area contributed by atoms with Gasteiger partial charge in [-0.2, -0.15) is 4.99 Å². The number of hydrogen-bond acceptors (Lipinski definition) is 5. The van der Waals surface area contributed by atoms with Crippen LogP contribution in [0.1, 0.15) is 11.1 Å². The molecule has 4 aromatic carbocycles. The summed E-state index contributed by atoms with van der Waals surface area (Å²) in [4.78, 5) is 36.1. The zero-order valence-electron chi connectivity index (χ0n) is 21.7. The second-order valence-corrected chi connectivity index (χ2v) is 13.2. The van der Waals surface area contributed by atoms with E-state index in [2.05, 4.69) is 41.4 Å². The fourth-order valence-electron chi connectivity index (χ4n) is 4.61. The summed E-state index contributed by atoms with van der Waals surface area (Å²) in [5.74, 6) is -0.385. The minimum absolute atomic E-state index is 0.0195. The van der Waals surface area contributed by atoms with E-state index >= 15 is 0 Å². The van der Waals surface area contributed by atoms with Crippen LogP contribution in [-0.4, -0.2) is 40.9 Å². The Bertz CT molecular complexity index is 1510. The lowest BCUT2D eigenvalue weighted by atomic mass is 10.1. The summed E-state index contributed by atoms with van der Waals surface area (Å²) < 4.78 is 4.94. The first-order valence-corrected chi connectivity index (χ1v) is 15.2. The SMILES string of the molecule is COC(=O)CSC1=NC(c2ccc(C)cc2)=NC(=O)C1=P(c1ccccc1)(c1ccccc1)c1ccccc1. The molecule has 0 saturated heterocycles. The first-order valence-electron chi connectivity index (χ1n) is 12.5. The largest absolute Gasteiger partial charge is 0.468 e. The number of amidine groups is 1. The fourth-order valence-corrected chi connectivity index (χ4v) is 10.2. The molecule has 0 N–H and O–H groups in total.